The topological polar surface area (TPSA) is 128 Å². The number of nitrogens with zero attached hydrogens (tertiary/aromatic N) is 9. The van der Waals surface area contributed by atoms with E-state index in [2.05, 4.69) is 30.3 Å². The Morgan fingerprint density at radius 3 is 2.48 bits per heavy atom. The van der Waals surface area contributed by atoms with Gasteiger partial charge in [-0.05, 0) is 37.3 Å². The lowest BCUT2D eigenvalue weighted by molar-refractivity contribution is -0.135. The van der Waals surface area contributed by atoms with Gasteiger partial charge in [-0.25, -0.2) is 14.3 Å². The molecule has 168 valence electrons. The smallest absolute Gasteiger partial charge is 0.267 e. The van der Waals surface area contributed by atoms with Crippen LogP contribution in [0.15, 0.2) is 64.5 Å². The molecule has 33 heavy (non-hydrogen) atoms. The van der Waals surface area contributed by atoms with E-state index in [-0.39, 0.29) is 11.5 Å². The number of carbonyl (C=O) groups is 1. The SMILES string of the molecule is C[C@H](C(=O)N1CCN(c2ccc(-n3cncn3)nn2)CC1)n1nc(-c2ccco2)ccc1=O. The molecule has 1 amide bonds. The van der Waals surface area contributed by atoms with Crippen molar-refractivity contribution in [3.63, 3.8) is 0 Å². The predicted octanol–water partition coefficient (Wildman–Crippen LogP) is 0.784. The average molecular weight is 447 g/mol. The lowest BCUT2D eigenvalue weighted by atomic mass is 10.2. The second-order valence-electron chi connectivity index (χ2n) is 7.56. The molecule has 5 heterocycles. The van der Waals surface area contributed by atoms with Crippen LogP contribution in [-0.2, 0) is 4.79 Å². The molecule has 0 aliphatic carbocycles. The lowest BCUT2D eigenvalue weighted by Gasteiger charge is -2.36. The molecule has 5 rings (SSSR count). The number of amides is 1. The fourth-order valence-electron chi connectivity index (χ4n) is 3.72. The number of anilines is 1. The van der Waals surface area contributed by atoms with Crippen molar-refractivity contribution in [3.8, 4) is 17.3 Å². The van der Waals surface area contributed by atoms with Gasteiger partial charge in [0.15, 0.2) is 17.4 Å². The summed E-state index contributed by atoms with van der Waals surface area (Å²) in [5.41, 5.74) is 0.157. The van der Waals surface area contributed by atoms with E-state index in [4.69, 9.17) is 4.42 Å². The van der Waals surface area contributed by atoms with Crippen LogP contribution in [0.25, 0.3) is 17.3 Å². The molecule has 1 fully saturated rings. The molecule has 0 saturated carbocycles. The highest BCUT2D eigenvalue weighted by atomic mass is 16.3. The Morgan fingerprint density at radius 2 is 1.82 bits per heavy atom. The highest BCUT2D eigenvalue weighted by molar-refractivity contribution is 5.80. The molecule has 0 unspecified atom stereocenters. The summed E-state index contributed by atoms with van der Waals surface area (Å²) in [6.07, 6.45) is 4.52. The van der Waals surface area contributed by atoms with Gasteiger partial charge < -0.3 is 14.2 Å². The summed E-state index contributed by atoms with van der Waals surface area (Å²) in [7, 11) is 0. The Morgan fingerprint density at radius 1 is 1.03 bits per heavy atom. The van der Waals surface area contributed by atoms with Crippen molar-refractivity contribution < 1.29 is 9.21 Å². The summed E-state index contributed by atoms with van der Waals surface area (Å²) in [6.45, 7) is 3.89. The molecular weight excluding hydrogens is 426 g/mol. The third kappa shape index (κ3) is 4.10. The Hall–Kier alpha value is -4.35. The zero-order valence-corrected chi connectivity index (χ0v) is 17.9. The number of furan rings is 1. The third-order valence-corrected chi connectivity index (χ3v) is 5.53. The quantitative estimate of drug-likeness (QED) is 0.436. The third-order valence-electron chi connectivity index (χ3n) is 5.53. The van der Waals surface area contributed by atoms with Crippen molar-refractivity contribution in [2.24, 2.45) is 0 Å². The normalized spacial score (nSPS) is 14.9. The number of hydrogen-bond acceptors (Lipinski definition) is 9. The van der Waals surface area contributed by atoms with Gasteiger partial charge in [0.25, 0.3) is 5.56 Å². The number of carbonyl (C=O) groups excluding carboxylic acids is 1. The number of piperazine rings is 1. The first-order valence-corrected chi connectivity index (χ1v) is 10.5. The molecule has 0 bridgehead atoms. The first-order valence-electron chi connectivity index (χ1n) is 10.5. The molecule has 1 atom stereocenters. The van der Waals surface area contributed by atoms with Gasteiger partial charge >= 0.3 is 0 Å². The van der Waals surface area contributed by atoms with Gasteiger partial charge in [0.2, 0.25) is 5.91 Å². The summed E-state index contributed by atoms with van der Waals surface area (Å²) < 4.78 is 8.10. The minimum atomic E-state index is -0.735. The van der Waals surface area contributed by atoms with Crippen molar-refractivity contribution in [2.45, 2.75) is 13.0 Å². The van der Waals surface area contributed by atoms with Crippen molar-refractivity contribution in [1.82, 2.24) is 39.6 Å². The van der Waals surface area contributed by atoms with Gasteiger partial charge in [-0.3, -0.25) is 9.59 Å². The van der Waals surface area contributed by atoms with E-state index in [9.17, 15) is 9.59 Å². The molecule has 1 aliphatic heterocycles. The molecule has 0 N–H and O–H groups in total. The van der Waals surface area contributed by atoms with E-state index in [0.29, 0.717) is 43.5 Å². The van der Waals surface area contributed by atoms with E-state index < -0.39 is 6.04 Å². The number of hydrogen-bond donors (Lipinski definition) is 0. The highest BCUT2D eigenvalue weighted by Crippen LogP contribution is 2.18. The Bertz CT molecular complexity index is 1280. The maximum absolute atomic E-state index is 13.1. The van der Waals surface area contributed by atoms with E-state index >= 15 is 0 Å². The van der Waals surface area contributed by atoms with Crippen molar-refractivity contribution >= 4 is 11.7 Å². The summed E-state index contributed by atoms with van der Waals surface area (Å²) in [4.78, 5) is 33.2. The van der Waals surface area contributed by atoms with Gasteiger partial charge in [-0.15, -0.1) is 10.2 Å². The summed E-state index contributed by atoms with van der Waals surface area (Å²) in [5.74, 6) is 1.68. The Labute approximate surface area is 188 Å². The molecule has 1 aliphatic rings. The minimum Gasteiger partial charge on any atom is -0.463 e. The molecule has 12 heteroatoms. The second kappa shape index (κ2) is 8.65. The van der Waals surface area contributed by atoms with E-state index in [1.807, 2.05) is 12.1 Å². The van der Waals surface area contributed by atoms with Crippen LogP contribution in [0.5, 0.6) is 0 Å². The fraction of sp³-hybridized carbons (Fsp3) is 0.286. The maximum Gasteiger partial charge on any atom is 0.267 e. The molecule has 0 radical (unpaired) electrons. The van der Waals surface area contributed by atoms with Crippen molar-refractivity contribution in [3.05, 3.63) is 65.7 Å². The monoisotopic (exact) mass is 447 g/mol. The number of aromatic nitrogens is 7. The molecular formula is C21H21N9O3. The van der Waals surface area contributed by atoms with Crippen LogP contribution in [0, 0.1) is 0 Å². The Balaban J connectivity index is 1.24. The van der Waals surface area contributed by atoms with Gasteiger partial charge in [0.05, 0.1) is 6.26 Å². The highest BCUT2D eigenvalue weighted by Gasteiger charge is 2.28. The van der Waals surface area contributed by atoms with Crippen molar-refractivity contribution in [1.29, 1.82) is 0 Å². The second-order valence-corrected chi connectivity index (χ2v) is 7.56. The van der Waals surface area contributed by atoms with Crippen LogP contribution in [0.2, 0.25) is 0 Å². The lowest BCUT2D eigenvalue weighted by Crippen LogP contribution is -2.51. The van der Waals surface area contributed by atoms with E-state index in [1.165, 1.54) is 28.0 Å². The summed E-state index contributed by atoms with van der Waals surface area (Å²) in [6, 6.07) is 9.43. The Kier molecular flexibility index (Phi) is 5.39. The van der Waals surface area contributed by atoms with Gasteiger partial charge in [-0.2, -0.15) is 10.2 Å². The first kappa shape index (κ1) is 20.5. The van der Waals surface area contributed by atoms with E-state index in [0.717, 1.165) is 5.82 Å². The first-order chi connectivity index (χ1) is 16.1. The molecule has 4 aromatic rings. The van der Waals surface area contributed by atoms with Crippen LogP contribution in [0.4, 0.5) is 5.82 Å². The largest absolute Gasteiger partial charge is 0.463 e. The molecule has 4 aromatic heterocycles. The van der Waals surface area contributed by atoms with Gasteiger partial charge in [-0.1, -0.05) is 0 Å². The van der Waals surface area contributed by atoms with Crippen LogP contribution >= 0.6 is 0 Å². The van der Waals surface area contributed by atoms with Crippen LogP contribution in [0.3, 0.4) is 0 Å². The predicted molar refractivity (Wildman–Crippen MR) is 117 cm³/mol. The minimum absolute atomic E-state index is 0.159. The average Bonchev–Trinajstić information content (AvgIpc) is 3.59. The van der Waals surface area contributed by atoms with Crippen molar-refractivity contribution in [2.75, 3.05) is 31.1 Å². The maximum atomic E-state index is 13.1. The number of rotatable bonds is 5. The molecule has 0 spiro atoms. The van der Waals surface area contributed by atoms with Gasteiger partial charge in [0, 0.05) is 32.2 Å². The molecule has 0 aromatic carbocycles. The van der Waals surface area contributed by atoms with E-state index in [1.54, 1.807) is 36.4 Å². The van der Waals surface area contributed by atoms with Gasteiger partial charge in [0.1, 0.15) is 24.4 Å². The standard InChI is InChI=1S/C21H21N9O3/c1-15(30-20(31)7-4-16(26-30)17-3-2-12-33-17)21(32)28-10-8-27(9-11-28)18-5-6-19(25-24-18)29-14-22-13-23-29/h2-7,12-15H,8-11H2,1H3/t15-/m1/s1. The zero-order chi connectivity index (χ0) is 22.8. The van der Waals surface area contributed by atoms with Crippen LogP contribution < -0.4 is 10.5 Å². The molecule has 12 nitrogen and oxygen atoms in total. The summed E-state index contributed by atoms with van der Waals surface area (Å²) in [5, 5.41) is 16.8. The van der Waals surface area contributed by atoms with Crippen LogP contribution in [-0.4, -0.2) is 71.7 Å². The summed E-state index contributed by atoms with van der Waals surface area (Å²) >= 11 is 0. The molecule has 1 saturated heterocycles. The van der Waals surface area contributed by atoms with Crippen LogP contribution in [0.1, 0.15) is 13.0 Å². The fourth-order valence-corrected chi connectivity index (χ4v) is 3.72. The zero-order valence-electron chi connectivity index (χ0n) is 17.9.